The average molecular weight is 501 g/mol. The summed E-state index contributed by atoms with van der Waals surface area (Å²) in [6, 6.07) is 9.62. The third kappa shape index (κ3) is 24.8. The molecule has 0 saturated carbocycles. The summed E-state index contributed by atoms with van der Waals surface area (Å²) in [4.78, 5) is 21.3. The molecule has 1 rings (SSSR count). The van der Waals surface area contributed by atoms with Gasteiger partial charge in [-0.2, -0.15) is 0 Å². The molecular formula is C32H52O4. The van der Waals surface area contributed by atoms with E-state index in [-0.39, 0.29) is 12.4 Å². The molecule has 0 aromatic heterocycles. The van der Waals surface area contributed by atoms with Crippen molar-refractivity contribution in [2.24, 2.45) is 0 Å². The molecule has 0 saturated heterocycles. The van der Waals surface area contributed by atoms with Crippen molar-refractivity contribution in [2.75, 3.05) is 6.61 Å². The second kappa shape index (κ2) is 25.7. The molecule has 0 radical (unpaired) electrons. The van der Waals surface area contributed by atoms with Gasteiger partial charge in [-0.15, -0.1) is 0 Å². The van der Waals surface area contributed by atoms with E-state index in [9.17, 15) is 9.59 Å². The first-order chi connectivity index (χ1) is 17.5. The number of ether oxygens (including phenoxy) is 1. The number of hydrogen-bond donors (Lipinski definition) is 1. The summed E-state index contributed by atoms with van der Waals surface area (Å²) < 4.78 is 5.08. The minimum atomic E-state index is -0.804. The number of benzene rings is 1. The fourth-order valence-electron chi connectivity index (χ4n) is 3.80. The van der Waals surface area contributed by atoms with Crippen LogP contribution in [-0.2, 0) is 14.3 Å². The predicted octanol–water partition coefficient (Wildman–Crippen LogP) is 9.54. The van der Waals surface area contributed by atoms with Crippen LogP contribution in [0.3, 0.4) is 0 Å². The Kier molecular flexibility index (Phi) is 24.0. The molecule has 1 N–H and O–H groups in total. The molecule has 1 aromatic carbocycles. The third-order valence-electron chi connectivity index (χ3n) is 5.98. The van der Waals surface area contributed by atoms with Gasteiger partial charge in [0.15, 0.2) is 0 Å². The van der Waals surface area contributed by atoms with Gasteiger partial charge in [-0.05, 0) is 18.9 Å². The minimum Gasteiger partial charge on any atom is -0.481 e. The van der Waals surface area contributed by atoms with Gasteiger partial charge < -0.3 is 9.84 Å². The molecule has 0 unspecified atom stereocenters. The summed E-state index contributed by atoms with van der Waals surface area (Å²) in [6.07, 6.45) is 25.3. The van der Waals surface area contributed by atoms with Crippen LogP contribution >= 0.6 is 0 Å². The van der Waals surface area contributed by atoms with Gasteiger partial charge in [0.1, 0.15) is 0 Å². The van der Waals surface area contributed by atoms with Gasteiger partial charge in [-0.3, -0.25) is 4.79 Å². The molecule has 0 amide bonds. The Morgan fingerprint density at radius 3 is 1.64 bits per heavy atom. The molecule has 0 atom stereocenters. The monoisotopic (exact) mass is 500 g/mol. The number of hydrogen-bond acceptors (Lipinski definition) is 3. The van der Waals surface area contributed by atoms with Crippen molar-refractivity contribution in [1.82, 2.24) is 0 Å². The third-order valence-corrected chi connectivity index (χ3v) is 5.98. The number of carboxylic acids is 1. The number of esters is 1. The first kappa shape index (κ1) is 33.6. The Labute approximate surface area is 221 Å². The summed E-state index contributed by atoms with van der Waals surface area (Å²) in [5.74, 6) is -1.06. The maximum atomic E-state index is 11.2. The minimum absolute atomic E-state index is 0.0783. The van der Waals surface area contributed by atoms with Crippen molar-refractivity contribution < 1.29 is 19.4 Å². The maximum Gasteiger partial charge on any atom is 0.333 e. The Bertz CT molecular complexity index is 693. The van der Waals surface area contributed by atoms with Crippen LogP contribution < -0.4 is 0 Å². The zero-order chi connectivity index (χ0) is 26.7. The molecular weight excluding hydrogens is 448 g/mol. The number of unbranched alkanes of at least 4 members (excludes halogenated alkanes) is 15. The summed E-state index contributed by atoms with van der Waals surface area (Å²) in [5.41, 5.74) is 1.52. The molecule has 204 valence electrons. The summed E-state index contributed by atoms with van der Waals surface area (Å²) in [5, 5.41) is 8.34. The van der Waals surface area contributed by atoms with E-state index < -0.39 is 5.97 Å². The van der Waals surface area contributed by atoms with E-state index in [1.54, 1.807) is 19.1 Å². The van der Waals surface area contributed by atoms with Crippen LogP contribution in [-0.4, -0.2) is 23.7 Å². The fourth-order valence-corrected chi connectivity index (χ4v) is 3.80. The predicted molar refractivity (Wildman–Crippen MR) is 153 cm³/mol. The molecule has 4 heteroatoms. The molecule has 0 heterocycles. The lowest BCUT2D eigenvalue weighted by Gasteiger charge is -2.05. The molecule has 0 spiro atoms. The van der Waals surface area contributed by atoms with Gasteiger partial charge in [0.2, 0.25) is 0 Å². The van der Waals surface area contributed by atoms with E-state index >= 15 is 0 Å². The van der Waals surface area contributed by atoms with Crippen molar-refractivity contribution in [2.45, 2.75) is 123 Å². The topological polar surface area (TPSA) is 63.6 Å². The van der Waals surface area contributed by atoms with Crippen molar-refractivity contribution in [1.29, 1.82) is 0 Å². The zero-order valence-corrected chi connectivity index (χ0v) is 23.1. The SMILES string of the molecule is C=C(C)C(=O)OCCCCCCCCCCCCCCCCCC.O=C(O)CC=Cc1ccccc1. The molecule has 0 fully saturated rings. The van der Waals surface area contributed by atoms with Crippen LogP contribution in [0.1, 0.15) is 129 Å². The van der Waals surface area contributed by atoms with Crippen molar-refractivity contribution in [3.8, 4) is 0 Å². The summed E-state index contributed by atoms with van der Waals surface area (Å²) >= 11 is 0. The Morgan fingerprint density at radius 1 is 0.778 bits per heavy atom. The van der Waals surface area contributed by atoms with Gasteiger partial charge in [0, 0.05) is 5.57 Å². The van der Waals surface area contributed by atoms with Crippen LogP contribution in [0.4, 0.5) is 0 Å². The van der Waals surface area contributed by atoms with E-state index in [4.69, 9.17) is 9.84 Å². The molecule has 0 aliphatic carbocycles. The first-order valence-corrected chi connectivity index (χ1v) is 14.2. The van der Waals surface area contributed by atoms with E-state index in [2.05, 4.69) is 13.5 Å². The number of rotatable bonds is 21. The second-order valence-corrected chi connectivity index (χ2v) is 9.63. The van der Waals surface area contributed by atoms with Crippen molar-refractivity contribution in [3.05, 3.63) is 54.1 Å². The van der Waals surface area contributed by atoms with Crippen molar-refractivity contribution in [3.63, 3.8) is 0 Å². The van der Waals surface area contributed by atoms with Crippen LogP contribution in [0.2, 0.25) is 0 Å². The highest BCUT2D eigenvalue weighted by molar-refractivity contribution is 5.86. The highest BCUT2D eigenvalue weighted by Crippen LogP contribution is 2.13. The largest absolute Gasteiger partial charge is 0.481 e. The molecule has 4 nitrogen and oxygen atoms in total. The standard InChI is InChI=1S/C22H42O2.C10H10O2/c1-4-5-6-7-8-9-10-11-12-13-14-15-16-17-18-19-20-24-22(23)21(2)3;11-10(12)8-4-7-9-5-2-1-3-6-9/h2,4-20H2,1,3H3;1-7H,8H2,(H,11,12). The second-order valence-electron chi connectivity index (χ2n) is 9.63. The number of carbonyl (C=O) groups excluding carboxylic acids is 1. The average Bonchev–Trinajstić information content (AvgIpc) is 2.86. The van der Waals surface area contributed by atoms with Crippen LogP contribution in [0.25, 0.3) is 6.08 Å². The van der Waals surface area contributed by atoms with E-state index in [1.807, 2.05) is 30.3 Å². The first-order valence-electron chi connectivity index (χ1n) is 14.2. The van der Waals surface area contributed by atoms with Crippen LogP contribution in [0.15, 0.2) is 48.6 Å². The Hall–Kier alpha value is -2.36. The van der Waals surface area contributed by atoms with Gasteiger partial charge in [0.25, 0.3) is 0 Å². The molecule has 0 aliphatic heterocycles. The molecule has 0 bridgehead atoms. The quantitative estimate of drug-likeness (QED) is 0.104. The van der Waals surface area contributed by atoms with E-state index in [0.29, 0.717) is 12.2 Å². The summed E-state index contributed by atoms with van der Waals surface area (Å²) in [6.45, 7) is 8.09. The molecule has 1 aromatic rings. The van der Waals surface area contributed by atoms with Gasteiger partial charge in [0.05, 0.1) is 13.0 Å². The zero-order valence-electron chi connectivity index (χ0n) is 23.1. The van der Waals surface area contributed by atoms with E-state index in [1.165, 1.54) is 96.3 Å². The molecule has 36 heavy (non-hydrogen) atoms. The Morgan fingerprint density at radius 2 is 1.22 bits per heavy atom. The lowest BCUT2D eigenvalue weighted by molar-refractivity contribution is -0.139. The summed E-state index contributed by atoms with van der Waals surface area (Å²) in [7, 11) is 0. The fraction of sp³-hybridized carbons (Fsp3) is 0.625. The highest BCUT2D eigenvalue weighted by Gasteiger charge is 2.01. The lowest BCUT2D eigenvalue weighted by atomic mass is 10.0. The van der Waals surface area contributed by atoms with Gasteiger partial charge in [-0.25, -0.2) is 4.79 Å². The van der Waals surface area contributed by atoms with E-state index in [0.717, 1.165) is 12.0 Å². The van der Waals surface area contributed by atoms with Crippen molar-refractivity contribution >= 4 is 18.0 Å². The van der Waals surface area contributed by atoms with Gasteiger partial charge in [-0.1, -0.05) is 152 Å². The maximum absolute atomic E-state index is 11.2. The molecule has 0 aliphatic rings. The highest BCUT2D eigenvalue weighted by atomic mass is 16.5. The van der Waals surface area contributed by atoms with Crippen LogP contribution in [0.5, 0.6) is 0 Å². The van der Waals surface area contributed by atoms with Crippen LogP contribution in [0, 0.1) is 0 Å². The van der Waals surface area contributed by atoms with Gasteiger partial charge >= 0.3 is 11.9 Å². The number of carboxylic acid groups (broad SMARTS) is 1. The normalized spacial score (nSPS) is 10.6. The number of carbonyl (C=O) groups is 2. The smallest absolute Gasteiger partial charge is 0.333 e. The lowest BCUT2D eigenvalue weighted by Crippen LogP contribution is -2.05. The Balaban J connectivity index is 0.000000846. The number of aliphatic carboxylic acids is 1.